The van der Waals surface area contributed by atoms with Gasteiger partial charge in [0.05, 0.1) is 17.3 Å². The lowest BCUT2D eigenvalue weighted by atomic mass is 9.94. The molecular weight excluding hydrogens is 315 g/mol. The molecule has 0 saturated carbocycles. The number of hydrogen-bond donors (Lipinski definition) is 1. The Morgan fingerprint density at radius 3 is 2.64 bits per heavy atom. The average molecular weight is 328 g/mol. The molecule has 1 aromatic heterocycles. The zero-order valence-electron chi connectivity index (χ0n) is 13.1. The second kappa shape index (κ2) is 5.97. The molecule has 1 atom stereocenters. The number of aromatic nitrogens is 1. The number of halogens is 1. The molecule has 1 N–H and O–H groups in total. The van der Waals surface area contributed by atoms with E-state index in [0.29, 0.717) is 33.5 Å². The quantitative estimate of drug-likeness (QED) is 0.723. The third kappa shape index (κ3) is 2.61. The van der Waals surface area contributed by atoms with E-state index in [2.05, 4.69) is 11.1 Å². The normalized spacial score (nSPS) is 15.0. The van der Waals surface area contributed by atoms with Crippen LogP contribution in [0.4, 0.5) is 4.39 Å². The summed E-state index contributed by atoms with van der Waals surface area (Å²) in [4.78, 5) is 4.42. The molecule has 0 fully saturated rings. The largest absolute Gasteiger partial charge is 0.384 e. The van der Waals surface area contributed by atoms with Crippen LogP contribution in [0.1, 0.15) is 34.1 Å². The molecule has 1 unspecified atom stereocenters. The van der Waals surface area contributed by atoms with Gasteiger partial charge in [-0.25, -0.2) is 4.39 Å². The summed E-state index contributed by atoms with van der Waals surface area (Å²) < 4.78 is 13.5. The van der Waals surface area contributed by atoms with Gasteiger partial charge in [-0.3, -0.25) is 4.98 Å². The number of nitrogens with zero attached hydrogens (tertiary/aromatic N) is 2. The van der Waals surface area contributed by atoms with E-state index in [1.807, 2.05) is 6.07 Å². The Hall–Kier alpha value is -3.29. The van der Waals surface area contributed by atoms with Crippen LogP contribution < -0.4 is 0 Å². The van der Waals surface area contributed by atoms with Gasteiger partial charge in [-0.1, -0.05) is 30.3 Å². The Bertz CT molecular complexity index is 1050. The Kier molecular flexibility index (Phi) is 3.64. The Balaban J connectivity index is 1.88. The maximum Gasteiger partial charge on any atom is 0.123 e. The molecule has 0 amide bonds. The van der Waals surface area contributed by atoms with Crippen molar-refractivity contribution in [2.75, 3.05) is 0 Å². The Morgan fingerprint density at radius 1 is 1.00 bits per heavy atom. The molecule has 3 nitrogen and oxygen atoms in total. The van der Waals surface area contributed by atoms with Gasteiger partial charge in [0, 0.05) is 17.3 Å². The summed E-state index contributed by atoms with van der Waals surface area (Å²) in [7, 11) is 0. The zero-order valence-corrected chi connectivity index (χ0v) is 13.1. The van der Waals surface area contributed by atoms with Crippen LogP contribution in [0.25, 0.3) is 23.3 Å². The SMILES string of the molecule is N#Cc1cccc2c1C=Cc1ncc(-c3cccc(F)c3)cc1C2O. The first-order chi connectivity index (χ1) is 12.2. The molecule has 0 saturated heterocycles. The summed E-state index contributed by atoms with van der Waals surface area (Å²) >= 11 is 0. The van der Waals surface area contributed by atoms with Crippen LogP contribution in [0.2, 0.25) is 0 Å². The van der Waals surface area contributed by atoms with Gasteiger partial charge in [-0.2, -0.15) is 5.26 Å². The van der Waals surface area contributed by atoms with E-state index in [4.69, 9.17) is 0 Å². The van der Waals surface area contributed by atoms with Crippen molar-refractivity contribution in [3.63, 3.8) is 0 Å². The van der Waals surface area contributed by atoms with Gasteiger partial charge in [-0.05, 0) is 47.0 Å². The fourth-order valence-electron chi connectivity index (χ4n) is 3.11. The highest BCUT2D eigenvalue weighted by Crippen LogP contribution is 2.35. The molecule has 25 heavy (non-hydrogen) atoms. The fraction of sp³-hybridized carbons (Fsp3) is 0.0476. The highest BCUT2D eigenvalue weighted by atomic mass is 19.1. The van der Waals surface area contributed by atoms with Crippen molar-refractivity contribution in [2.24, 2.45) is 0 Å². The lowest BCUT2D eigenvalue weighted by Gasteiger charge is -2.15. The van der Waals surface area contributed by atoms with Gasteiger partial charge in [0.25, 0.3) is 0 Å². The predicted molar refractivity (Wildman–Crippen MR) is 93.8 cm³/mol. The van der Waals surface area contributed by atoms with E-state index in [9.17, 15) is 14.8 Å². The van der Waals surface area contributed by atoms with E-state index in [-0.39, 0.29) is 5.82 Å². The van der Waals surface area contributed by atoms with Gasteiger partial charge >= 0.3 is 0 Å². The van der Waals surface area contributed by atoms with Gasteiger partial charge < -0.3 is 5.11 Å². The number of hydrogen-bond acceptors (Lipinski definition) is 3. The second-order valence-electron chi connectivity index (χ2n) is 5.86. The van der Waals surface area contributed by atoms with Crippen molar-refractivity contribution >= 4 is 12.2 Å². The minimum Gasteiger partial charge on any atom is -0.384 e. The summed E-state index contributed by atoms with van der Waals surface area (Å²) in [6.07, 6.45) is 4.35. The first-order valence-electron chi connectivity index (χ1n) is 7.82. The third-order valence-corrected chi connectivity index (χ3v) is 4.36. The second-order valence-corrected chi connectivity index (χ2v) is 5.86. The van der Waals surface area contributed by atoms with Gasteiger partial charge in [-0.15, -0.1) is 0 Å². The number of aliphatic hydroxyl groups excluding tert-OH is 1. The summed E-state index contributed by atoms with van der Waals surface area (Å²) in [6, 6.07) is 15.5. The van der Waals surface area contributed by atoms with Crippen LogP contribution in [0, 0.1) is 17.1 Å². The first-order valence-corrected chi connectivity index (χ1v) is 7.82. The number of aliphatic hydroxyl groups is 1. The Morgan fingerprint density at radius 2 is 1.84 bits per heavy atom. The third-order valence-electron chi connectivity index (χ3n) is 4.36. The molecular formula is C21H13FN2O. The van der Waals surface area contributed by atoms with Crippen LogP contribution in [-0.2, 0) is 0 Å². The number of fused-ring (bicyclic) bond motifs is 2. The van der Waals surface area contributed by atoms with Crippen molar-refractivity contribution in [1.29, 1.82) is 5.26 Å². The number of benzene rings is 2. The molecule has 1 aliphatic carbocycles. The Labute approximate surface area is 144 Å². The molecule has 0 bridgehead atoms. The topological polar surface area (TPSA) is 56.9 Å². The van der Waals surface area contributed by atoms with E-state index in [1.54, 1.807) is 48.7 Å². The van der Waals surface area contributed by atoms with Crippen LogP contribution >= 0.6 is 0 Å². The van der Waals surface area contributed by atoms with E-state index in [1.165, 1.54) is 12.1 Å². The molecule has 120 valence electrons. The minimum atomic E-state index is -0.908. The average Bonchev–Trinajstić information content (AvgIpc) is 2.78. The van der Waals surface area contributed by atoms with Crippen LogP contribution in [-0.4, -0.2) is 10.1 Å². The van der Waals surface area contributed by atoms with Gasteiger partial charge in [0.2, 0.25) is 0 Å². The summed E-state index contributed by atoms with van der Waals surface area (Å²) in [5, 5.41) is 20.2. The van der Waals surface area contributed by atoms with Crippen molar-refractivity contribution in [1.82, 2.24) is 4.98 Å². The maximum absolute atomic E-state index is 13.5. The zero-order chi connectivity index (χ0) is 17.4. The highest BCUT2D eigenvalue weighted by molar-refractivity contribution is 5.78. The first kappa shape index (κ1) is 15.3. The summed E-state index contributed by atoms with van der Waals surface area (Å²) in [6.45, 7) is 0. The molecule has 0 aliphatic heterocycles. The lowest BCUT2D eigenvalue weighted by Crippen LogP contribution is -2.05. The molecule has 4 heteroatoms. The van der Waals surface area contributed by atoms with Crippen molar-refractivity contribution in [2.45, 2.75) is 6.10 Å². The molecule has 3 aromatic rings. The molecule has 4 rings (SSSR count). The molecule has 0 spiro atoms. The molecule has 2 aromatic carbocycles. The summed E-state index contributed by atoms with van der Waals surface area (Å²) in [5.41, 5.74) is 4.55. The lowest BCUT2D eigenvalue weighted by molar-refractivity contribution is 0.219. The number of nitriles is 1. The predicted octanol–water partition coefficient (Wildman–Crippen LogP) is 4.32. The highest BCUT2D eigenvalue weighted by Gasteiger charge is 2.22. The van der Waals surface area contributed by atoms with E-state index < -0.39 is 6.10 Å². The van der Waals surface area contributed by atoms with Crippen LogP contribution in [0.3, 0.4) is 0 Å². The van der Waals surface area contributed by atoms with Crippen LogP contribution in [0.15, 0.2) is 54.7 Å². The van der Waals surface area contributed by atoms with Crippen molar-refractivity contribution < 1.29 is 9.50 Å². The van der Waals surface area contributed by atoms with E-state index >= 15 is 0 Å². The molecule has 0 radical (unpaired) electrons. The monoisotopic (exact) mass is 328 g/mol. The molecule has 1 aliphatic rings. The smallest absolute Gasteiger partial charge is 0.123 e. The van der Waals surface area contributed by atoms with Gasteiger partial charge in [0.1, 0.15) is 11.9 Å². The molecule has 1 heterocycles. The minimum absolute atomic E-state index is 0.322. The van der Waals surface area contributed by atoms with Gasteiger partial charge in [0.15, 0.2) is 0 Å². The number of pyridine rings is 1. The summed E-state index contributed by atoms with van der Waals surface area (Å²) in [5.74, 6) is -0.322. The standard InChI is InChI=1S/C21H13FN2O/c22-16-5-1-3-13(9-16)15-10-19-20(24-12-15)8-7-17-14(11-23)4-2-6-18(17)21(19)25/h1-10,12,21,25H. The fourth-order valence-corrected chi connectivity index (χ4v) is 3.11. The van der Waals surface area contributed by atoms with E-state index in [0.717, 1.165) is 5.56 Å². The van der Waals surface area contributed by atoms with Crippen molar-refractivity contribution in [3.05, 3.63) is 88.5 Å². The maximum atomic E-state index is 13.5. The number of rotatable bonds is 1. The van der Waals surface area contributed by atoms with Crippen molar-refractivity contribution in [3.8, 4) is 17.2 Å². The van der Waals surface area contributed by atoms with Crippen LogP contribution in [0.5, 0.6) is 0 Å².